The summed E-state index contributed by atoms with van der Waals surface area (Å²) in [7, 11) is 0. The second kappa shape index (κ2) is 6.37. The number of hydrogen-bond acceptors (Lipinski definition) is 5. The molecule has 2 heterocycles. The van der Waals surface area contributed by atoms with Gasteiger partial charge >= 0.3 is 5.69 Å². The van der Waals surface area contributed by atoms with Crippen LogP contribution in [-0.4, -0.2) is 45.3 Å². The molecule has 7 heteroatoms. The normalized spacial score (nSPS) is 19.0. The van der Waals surface area contributed by atoms with E-state index in [1.165, 1.54) is 23.6 Å². The van der Waals surface area contributed by atoms with Crippen LogP contribution in [0, 0.1) is 17.0 Å². The second-order valence-corrected chi connectivity index (χ2v) is 6.09. The molecule has 2 aromatic rings. The summed E-state index contributed by atoms with van der Waals surface area (Å²) >= 11 is 0. The minimum Gasteiger partial charge on any atom is -0.366 e. The number of aryl methyl sites for hydroxylation is 1. The van der Waals surface area contributed by atoms with Crippen LogP contribution >= 0.6 is 0 Å². The van der Waals surface area contributed by atoms with Crippen LogP contribution in [0.1, 0.15) is 12.5 Å². The molecule has 1 fully saturated rings. The molecule has 0 spiro atoms. The van der Waals surface area contributed by atoms with E-state index in [9.17, 15) is 10.1 Å². The molecule has 122 valence electrons. The van der Waals surface area contributed by atoms with Crippen LogP contribution in [0.2, 0.25) is 0 Å². The highest BCUT2D eigenvalue weighted by Gasteiger charge is 2.24. The maximum Gasteiger partial charge on any atom is 0.307 e. The fraction of sp³-hybridized carbons (Fsp3) is 0.438. The van der Waals surface area contributed by atoms with Gasteiger partial charge in [0, 0.05) is 31.4 Å². The molecule has 1 aromatic carbocycles. The number of hydrogen-bond donors (Lipinski definition) is 0. The Bertz CT molecular complexity index is 682. The van der Waals surface area contributed by atoms with Gasteiger partial charge in [-0.1, -0.05) is 17.7 Å². The third-order valence-corrected chi connectivity index (χ3v) is 4.25. The molecule has 3 rings (SSSR count). The van der Waals surface area contributed by atoms with E-state index in [1.54, 1.807) is 4.68 Å². The topological polar surface area (TPSA) is 67.4 Å². The first-order chi connectivity index (χ1) is 11.0. The van der Waals surface area contributed by atoms with Crippen LogP contribution in [0.4, 0.5) is 11.4 Å². The third-order valence-electron chi connectivity index (χ3n) is 4.25. The minimum atomic E-state index is -0.415. The average molecular weight is 315 g/mol. The molecule has 0 aliphatic carbocycles. The Morgan fingerprint density at radius 3 is 2.65 bits per heavy atom. The van der Waals surface area contributed by atoms with Gasteiger partial charge in [0.1, 0.15) is 12.4 Å². The Labute approximate surface area is 135 Å². The molecule has 1 saturated heterocycles. The van der Waals surface area contributed by atoms with Gasteiger partial charge in [-0.3, -0.25) is 19.7 Å². The predicted molar refractivity (Wildman–Crippen MR) is 88.4 cm³/mol. The fourth-order valence-corrected chi connectivity index (χ4v) is 3.01. The summed E-state index contributed by atoms with van der Waals surface area (Å²) in [5, 5.41) is 14.8. The van der Waals surface area contributed by atoms with Crippen molar-refractivity contribution in [1.29, 1.82) is 0 Å². The van der Waals surface area contributed by atoms with Gasteiger partial charge in [-0.05, 0) is 26.0 Å². The average Bonchev–Trinajstić information content (AvgIpc) is 2.97. The van der Waals surface area contributed by atoms with Gasteiger partial charge in [-0.15, -0.1) is 0 Å². The molecule has 1 unspecified atom stereocenters. The molecule has 0 saturated carbocycles. The maximum atomic E-state index is 10.7. The third kappa shape index (κ3) is 3.50. The molecule has 1 aliphatic rings. The smallest absolute Gasteiger partial charge is 0.307 e. The summed E-state index contributed by atoms with van der Waals surface area (Å²) in [6.45, 7) is 7.63. The zero-order chi connectivity index (χ0) is 16.4. The molecule has 0 bridgehead atoms. The summed E-state index contributed by atoms with van der Waals surface area (Å²) < 4.78 is 1.63. The predicted octanol–water partition coefficient (Wildman–Crippen LogP) is 2.27. The van der Waals surface area contributed by atoms with Gasteiger partial charge in [0.2, 0.25) is 0 Å². The standard InChI is InChI=1S/C16H21N5O2/c1-13-3-5-15(6-4-13)20-8-7-18(10-14(20)2)12-19-11-16(9-17-19)21(22)23/h3-6,9,11,14H,7-8,10,12H2,1-2H3. The van der Waals surface area contributed by atoms with E-state index in [0.29, 0.717) is 12.7 Å². The molecule has 1 aromatic heterocycles. The number of aromatic nitrogens is 2. The van der Waals surface area contributed by atoms with E-state index in [-0.39, 0.29) is 5.69 Å². The molecule has 0 radical (unpaired) electrons. The van der Waals surface area contributed by atoms with Crippen LogP contribution in [0.25, 0.3) is 0 Å². The van der Waals surface area contributed by atoms with Crippen molar-refractivity contribution in [3.8, 4) is 0 Å². The lowest BCUT2D eigenvalue weighted by Gasteiger charge is -2.41. The van der Waals surface area contributed by atoms with Crippen LogP contribution in [-0.2, 0) is 6.67 Å². The zero-order valence-electron chi connectivity index (χ0n) is 13.4. The first kappa shape index (κ1) is 15.5. The van der Waals surface area contributed by atoms with Gasteiger partial charge in [0.25, 0.3) is 0 Å². The number of rotatable bonds is 4. The van der Waals surface area contributed by atoms with Crippen LogP contribution < -0.4 is 4.90 Å². The monoisotopic (exact) mass is 315 g/mol. The van der Waals surface area contributed by atoms with Gasteiger partial charge in [-0.25, -0.2) is 0 Å². The van der Waals surface area contributed by atoms with Gasteiger partial charge in [0.15, 0.2) is 0 Å². The van der Waals surface area contributed by atoms with Gasteiger partial charge < -0.3 is 4.90 Å². The Kier molecular flexibility index (Phi) is 4.29. The lowest BCUT2D eigenvalue weighted by Crippen LogP contribution is -2.52. The molecule has 23 heavy (non-hydrogen) atoms. The Morgan fingerprint density at radius 2 is 2.04 bits per heavy atom. The second-order valence-electron chi connectivity index (χ2n) is 6.09. The Hall–Kier alpha value is -2.41. The van der Waals surface area contributed by atoms with Crippen molar-refractivity contribution in [2.75, 3.05) is 24.5 Å². The SMILES string of the molecule is Cc1ccc(N2CCN(Cn3cc([N+](=O)[O-])cn3)CC2C)cc1. The summed E-state index contributed by atoms with van der Waals surface area (Å²) in [5.41, 5.74) is 2.55. The minimum absolute atomic E-state index is 0.0383. The molecule has 0 amide bonds. The van der Waals surface area contributed by atoms with Crippen molar-refractivity contribution in [3.05, 3.63) is 52.3 Å². The Balaban J connectivity index is 1.61. The molecule has 1 atom stereocenters. The largest absolute Gasteiger partial charge is 0.366 e. The lowest BCUT2D eigenvalue weighted by atomic mass is 10.1. The fourth-order valence-electron chi connectivity index (χ4n) is 3.01. The van der Waals surface area contributed by atoms with Crippen molar-refractivity contribution < 1.29 is 4.92 Å². The molecule has 0 N–H and O–H groups in total. The number of piperazine rings is 1. The lowest BCUT2D eigenvalue weighted by molar-refractivity contribution is -0.385. The summed E-state index contributed by atoms with van der Waals surface area (Å²) in [6.07, 6.45) is 2.78. The number of nitro groups is 1. The number of benzene rings is 1. The summed E-state index contributed by atoms with van der Waals surface area (Å²) in [6, 6.07) is 8.99. The van der Waals surface area contributed by atoms with Gasteiger partial charge in [-0.2, -0.15) is 5.10 Å². The highest BCUT2D eigenvalue weighted by molar-refractivity contribution is 5.48. The molecular weight excluding hydrogens is 294 g/mol. The number of nitrogens with zero attached hydrogens (tertiary/aromatic N) is 5. The summed E-state index contributed by atoms with van der Waals surface area (Å²) in [5.74, 6) is 0. The highest BCUT2D eigenvalue weighted by atomic mass is 16.6. The first-order valence-corrected chi connectivity index (χ1v) is 7.75. The van der Waals surface area contributed by atoms with E-state index in [1.807, 2.05) is 0 Å². The molecular formula is C16H21N5O2. The molecule has 1 aliphatic heterocycles. The van der Waals surface area contributed by atoms with Gasteiger partial charge in [0.05, 0.1) is 11.6 Å². The van der Waals surface area contributed by atoms with E-state index in [0.717, 1.165) is 19.6 Å². The zero-order valence-corrected chi connectivity index (χ0v) is 13.4. The summed E-state index contributed by atoms with van der Waals surface area (Å²) in [4.78, 5) is 15.0. The quantitative estimate of drug-likeness (QED) is 0.639. The van der Waals surface area contributed by atoms with Crippen molar-refractivity contribution in [3.63, 3.8) is 0 Å². The van der Waals surface area contributed by atoms with Crippen molar-refractivity contribution in [2.24, 2.45) is 0 Å². The van der Waals surface area contributed by atoms with Crippen LogP contribution in [0.5, 0.6) is 0 Å². The van der Waals surface area contributed by atoms with Crippen LogP contribution in [0.3, 0.4) is 0 Å². The van der Waals surface area contributed by atoms with Crippen molar-refractivity contribution in [2.45, 2.75) is 26.6 Å². The number of anilines is 1. The van der Waals surface area contributed by atoms with Crippen molar-refractivity contribution in [1.82, 2.24) is 14.7 Å². The Morgan fingerprint density at radius 1 is 1.30 bits per heavy atom. The van der Waals surface area contributed by atoms with E-state index in [4.69, 9.17) is 0 Å². The maximum absolute atomic E-state index is 10.7. The van der Waals surface area contributed by atoms with E-state index in [2.05, 4.69) is 53.0 Å². The first-order valence-electron chi connectivity index (χ1n) is 7.75. The highest BCUT2D eigenvalue weighted by Crippen LogP contribution is 2.21. The van der Waals surface area contributed by atoms with Crippen molar-refractivity contribution >= 4 is 11.4 Å². The van der Waals surface area contributed by atoms with E-state index >= 15 is 0 Å². The van der Waals surface area contributed by atoms with E-state index < -0.39 is 4.92 Å². The molecule has 7 nitrogen and oxygen atoms in total. The van der Waals surface area contributed by atoms with Crippen LogP contribution in [0.15, 0.2) is 36.7 Å².